The molecule has 122 valence electrons. The van der Waals surface area contributed by atoms with E-state index in [1.807, 2.05) is 0 Å². The second kappa shape index (κ2) is 8.23. The molecule has 0 aliphatic heterocycles. The predicted octanol–water partition coefficient (Wildman–Crippen LogP) is 1.23. The topological polar surface area (TPSA) is 99.1 Å². The third-order valence-corrected chi connectivity index (χ3v) is 3.37. The Bertz CT molecular complexity index is 499. The maximum Gasteiger partial charge on any atom is 0.329 e. The molecule has 0 bridgehead atoms. The number of carboxylic acid groups (broad SMARTS) is 1. The Kier molecular flexibility index (Phi) is 6.65. The number of aliphatic carboxylic acids is 1. The predicted molar refractivity (Wildman–Crippen MR) is 80.8 cm³/mol. The van der Waals surface area contributed by atoms with Crippen LogP contribution in [0.25, 0.3) is 0 Å². The highest BCUT2D eigenvalue weighted by atomic mass is 16.5. The molecular weight excluding hydrogens is 288 g/mol. The minimum atomic E-state index is -1.43. The van der Waals surface area contributed by atoms with Gasteiger partial charge in [0.05, 0.1) is 7.11 Å². The Hall–Kier alpha value is -2.28. The van der Waals surface area contributed by atoms with Gasteiger partial charge >= 0.3 is 12.0 Å². The summed E-state index contributed by atoms with van der Waals surface area (Å²) >= 11 is 0. The monoisotopic (exact) mass is 310 g/mol. The summed E-state index contributed by atoms with van der Waals surface area (Å²) in [6, 6.07) is 4.39. The average molecular weight is 310 g/mol. The van der Waals surface area contributed by atoms with E-state index in [4.69, 9.17) is 4.74 Å². The maximum atomic E-state index is 12.0. The molecule has 1 rings (SSSR count). The summed E-state index contributed by atoms with van der Waals surface area (Å²) in [5, 5.41) is 21.9. The molecule has 1 aromatic rings. The van der Waals surface area contributed by atoms with Crippen LogP contribution in [0.1, 0.15) is 25.5 Å². The summed E-state index contributed by atoms with van der Waals surface area (Å²) < 4.78 is 5.01. The lowest BCUT2D eigenvalue weighted by atomic mass is 10.0. The van der Waals surface area contributed by atoms with Crippen LogP contribution in [0.15, 0.2) is 24.3 Å². The molecule has 2 amide bonds. The van der Waals surface area contributed by atoms with E-state index in [0.29, 0.717) is 24.4 Å². The van der Waals surface area contributed by atoms with Crippen LogP contribution in [0, 0.1) is 0 Å². The molecule has 22 heavy (non-hydrogen) atoms. The number of urea groups is 1. The summed E-state index contributed by atoms with van der Waals surface area (Å²) in [7, 11) is 1.51. The molecule has 0 saturated carbocycles. The van der Waals surface area contributed by atoms with Gasteiger partial charge in [-0.3, -0.25) is 0 Å². The summed E-state index contributed by atoms with van der Waals surface area (Å²) in [6.07, 6.45) is -1.36. The first kappa shape index (κ1) is 17.8. The van der Waals surface area contributed by atoms with Gasteiger partial charge in [-0.1, -0.05) is 12.1 Å². The standard InChI is InChI=1S/C15H22N2O5/c1-4-17(5-2)15(21)16-12(14(19)20)13(18)10-6-8-11(22-3)9-7-10/h6-9,12-13,18H,4-5H2,1-3H3,(H,16,21)(H,19,20). The van der Waals surface area contributed by atoms with Crippen molar-refractivity contribution in [1.29, 1.82) is 0 Å². The zero-order valence-corrected chi connectivity index (χ0v) is 12.9. The van der Waals surface area contributed by atoms with E-state index in [-0.39, 0.29) is 0 Å². The highest BCUT2D eigenvalue weighted by Crippen LogP contribution is 2.20. The first-order valence-electron chi connectivity index (χ1n) is 7.04. The third-order valence-electron chi connectivity index (χ3n) is 3.37. The number of carbonyl (C=O) groups excluding carboxylic acids is 1. The van der Waals surface area contributed by atoms with Crippen LogP contribution in [0.2, 0.25) is 0 Å². The number of ether oxygens (including phenoxy) is 1. The molecule has 2 atom stereocenters. The van der Waals surface area contributed by atoms with Gasteiger partial charge in [-0.25, -0.2) is 9.59 Å². The fraction of sp³-hybridized carbons (Fsp3) is 0.467. The molecular formula is C15H22N2O5. The Morgan fingerprint density at radius 3 is 2.18 bits per heavy atom. The first-order chi connectivity index (χ1) is 10.4. The van der Waals surface area contributed by atoms with Gasteiger partial charge < -0.3 is 25.2 Å². The molecule has 1 aromatic carbocycles. The Morgan fingerprint density at radius 1 is 1.23 bits per heavy atom. The van der Waals surface area contributed by atoms with E-state index in [1.54, 1.807) is 38.1 Å². The largest absolute Gasteiger partial charge is 0.497 e. The van der Waals surface area contributed by atoms with Gasteiger partial charge in [0.2, 0.25) is 0 Å². The van der Waals surface area contributed by atoms with Gasteiger partial charge in [0, 0.05) is 13.1 Å². The average Bonchev–Trinajstić information content (AvgIpc) is 2.53. The number of hydrogen-bond donors (Lipinski definition) is 3. The second-order valence-electron chi connectivity index (χ2n) is 4.66. The summed E-state index contributed by atoms with van der Waals surface area (Å²) in [5.41, 5.74) is 0.382. The molecule has 7 nitrogen and oxygen atoms in total. The minimum Gasteiger partial charge on any atom is -0.497 e. The number of amides is 2. The normalized spacial score (nSPS) is 13.1. The lowest BCUT2D eigenvalue weighted by Crippen LogP contribution is -2.50. The van der Waals surface area contributed by atoms with E-state index in [2.05, 4.69) is 5.32 Å². The smallest absolute Gasteiger partial charge is 0.329 e. The van der Waals surface area contributed by atoms with Crippen molar-refractivity contribution in [3.8, 4) is 5.75 Å². The van der Waals surface area contributed by atoms with Crippen LogP contribution in [0.4, 0.5) is 4.79 Å². The lowest BCUT2D eigenvalue weighted by molar-refractivity contribution is -0.142. The van der Waals surface area contributed by atoms with Crippen molar-refractivity contribution in [2.75, 3.05) is 20.2 Å². The van der Waals surface area contributed by atoms with Crippen LogP contribution in [0.5, 0.6) is 5.75 Å². The van der Waals surface area contributed by atoms with Crippen molar-refractivity contribution in [3.63, 3.8) is 0 Å². The number of nitrogens with one attached hydrogen (secondary N) is 1. The number of carbonyl (C=O) groups is 2. The van der Waals surface area contributed by atoms with E-state index in [0.717, 1.165) is 0 Å². The van der Waals surface area contributed by atoms with E-state index >= 15 is 0 Å². The Morgan fingerprint density at radius 2 is 1.77 bits per heavy atom. The van der Waals surface area contributed by atoms with Crippen LogP contribution in [-0.4, -0.2) is 53.4 Å². The van der Waals surface area contributed by atoms with Crippen LogP contribution < -0.4 is 10.1 Å². The fourth-order valence-corrected chi connectivity index (χ4v) is 2.00. The van der Waals surface area contributed by atoms with Crippen molar-refractivity contribution in [2.45, 2.75) is 26.0 Å². The number of aliphatic hydroxyl groups excluding tert-OH is 1. The SMILES string of the molecule is CCN(CC)C(=O)NC(C(=O)O)C(O)c1ccc(OC)cc1. The number of methoxy groups -OCH3 is 1. The highest BCUT2D eigenvalue weighted by Gasteiger charge is 2.30. The molecule has 0 heterocycles. The van der Waals surface area contributed by atoms with E-state index in [1.165, 1.54) is 12.0 Å². The molecule has 0 saturated heterocycles. The van der Waals surface area contributed by atoms with Gasteiger partial charge in [0.15, 0.2) is 6.04 Å². The number of benzene rings is 1. The zero-order valence-electron chi connectivity index (χ0n) is 12.9. The Balaban J connectivity index is 2.89. The maximum absolute atomic E-state index is 12.0. The summed E-state index contributed by atoms with van der Waals surface area (Å²) in [6.45, 7) is 4.48. The number of nitrogens with zero attached hydrogens (tertiary/aromatic N) is 1. The minimum absolute atomic E-state index is 0.382. The molecule has 2 unspecified atom stereocenters. The second-order valence-corrected chi connectivity index (χ2v) is 4.66. The molecule has 0 fully saturated rings. The molecule has 0 aromatic heterocycles. The molecule has 0 aliphatic carbocycles. The van der Waals surface area contributed by atoms with Crippen LogP contribution >= 0.6 is 0 Å². The lowest BCUT2D eigenvalue weighted by Gasteiger charge is -2.25. The molecule has 0 spiro atoms. The van der Waals surface area contributed by atoms with Crippen molar-refractivity contribution >= 4 is 12.0 Å². The van der Waals surface area contributed by atoms with Crippen molar-refractivity contribution in [3.05, 3.63) is 29.8 Å². The summed E-state index contributed by atoms with van der Waals surface area (Å²) in [5.74, 6) is -0.709. The van der Waals surface area contributed by atoms with E-state index < -0.39 is 24.1 Å². The highest BCUT2D eigenvalue weighted by molar-refractivity contribution is 5.83. The number of carboxylic acids is 1. The van der Waals surface area contributed by atoms with Gasteiger partial charge in [0.25, 0.3) is 0 Å². The fourth-order valence-electron chi connectivity index (χ4n) is 2.00. The van der Waals surface area contributed by atoms with Gasteiger partial charge in [-0.05, 0) is 31.5 Å². The van der Waals surface area contributed by atoms with Crippen LogP contribution in [-0.2, 0) is 4.79 Å². The Labute approximate surface area is 129 Å². The molecule has 0 radical (unpaired) electrons. The first-order valence-corrected chi connectivity index (χ1v) is 7.04. The third kappa shape index (κ3) is 4.36. The van der Waals surface area contributed by atoms with Gasteiger partial charge in [-0.15, -0.1) is 0 Å². The number of aliphatic hydroxyl groups is 1. The van der Waals surface area contributed by atoms with Crippen molar-refractivity contribution in [2.24, 2.45) is 0 Å². The molecule has 3 N–H and O–H groups in total. The van der Waals surface area contributed by atoms with Gasteiger partial charge in [0.1, 0.15) is 11.9 Å². The molecule has 7 heteroatoms. The van der Waals surface area contributed by atoms with Crippen molar-refractivity contribution < 1.29 is 24.5 Å². The summed E-state index contributed by atoms with van der Waals surface area (Å²) in [4.78, 5) is 24.8. The molecule has 0 aliphatic rings. The number of rotatable bonds is 7. The van der Waals surface area contributed by atoms with Gasteiger partial charge in [-0.2, -0.15) is 0 Å². The van der Waals surface area contributed by atoms with E-state index in [9.17, 15) is 19.8 Å². The zero-order chi connectivity index (χ0) is 16.7. The number of hydrogen-bond acceptors (Lipinski definition) is 4. The quantitative estimate of drug-likeness (QED) is 0.703. The van der Waals surface area contributed by atoms with Crippen LogP contribution in [0.3, 0.4) is 0 Å². The van der Waals surface area contributed by atoms with Crippen molar-refractivity contribution in [1.82, 2.24) is 10.2 Å².